The number of aromatic nitrogens is 2. The van der Waals surface area contributed by atoms with Crippen molar-refractivity contribution in [3.8, 4) is 0 Å². The fraction of sp³-hybridized carbons (Fsp3) is 0.800. The summed E-state index contributed by atoms with van der Waals surface area (Å²) in [6.07, 6.45) is 0.637. The van der Waals surface area contributed by atoms with Gasteiger partial charge in [0.25, 0.3) is 5.89 Å². The lowest BCUT2D eigenvalue weighted by Gasteiger charge is -2.29. The lowest BCUT2D eigenvalue weighted by molar-refractivity contribution is -0.0222. The summed E-state index contributed by atoms with van der Waals surface area (Å²) in [7, 11) is 0. The van der Waals surface area contributed by atoms with Crippen molar-refractivity contribution in [2.45, 2.75) is 44.3 Å². The van der Waals surface area contributed by atoms with Crippen molar-refractivity contribution < 1.29 is 18.0 Å². The van der Waals surface area contributed by atoms with Gasteiger partial charge in [0.2, 0.25) is 0 Å². The van der Waals surface area contributed by atoms with E-state index < -0.39 is 17.9 Å². The highest BCUT2D eigenvalue weighted by Crippen LogP contribution is 2.25. The third-order valence-electron chi connectivity index (χ3n) is 2.81. The molecule has 5 nitrogen and oxygen atoms in total. The molecule has 2 rings (SSSR count). The Kier molecular flexibility index (Phi) is 3.39. The molecular weight excluding hydrogens is 232 g/mol. The van der Waals surface area contributed by atoms with E-state index in [2.05, 4.69) is 14.7 Å². The minimum Gasteiger partial charge on any atom is -0.376 e. The Labute approximate surface area is 97.3 Å². The van der Waals surface area contributed by atoms with Gasteiger partial charge in [-0.05, 0) is 26.2 Å². The zero-order valence-corrected chi connectivity index (χ0v) is 9.53. The first-order chi connectivity index (χ1) is 7.99. The van der Waals surface area contributed by atoms with Crippen LogP contribution < -0.4 is 5.73 Å². The number of halogens is 2. The highest BCUT2D eigenvalue weighted by atomic mass is 19.3. The molecule has 0 radical (unpaired) electrons. The van der Waals surface area contributed by atoms with E-state index in [4.69, 9.17) is 10.5 Å². The highest BCUT2D eigenvalue weighted by Gasteiger charge is 2.31. The monoisotopic (exact) mass is 247 g/mol. The third kappa shape index (κ3) is 2.78. The Balaban J connectivity index is 1.96. The second-order valence-corrected chi connectivity index (χ2v) is 4.54. The summed E-state index contributed by atoms with van der Waals surface area (Å²) >= 11 is 0. The van der Waals surface area contributed by atoms with Crippen molar-refractivity contribution in [3.05, 3.63) is 11.7 Å². The van der Waals surface area contributed by atoms with Crippen molar-refractivity contribution in [2.24, 2.45) is 5.73 Å². The Morgan fingerprint density at radius 1 is 1.59 bits per heavy atom. The van der Waals surface area contributed by atoms with Crippen LogP contribution in [-0.4, -0.2) is 22.9 Å². The van der Waals surface area contributed by atoms with Crippen molar-refractivity contribution in [2.75, 3.05) is 6.61 Å². The Morgan fingerprint density at radius 2 is 2.29 bits per heavy atom. The van der Waals surface area contributed by atoms with Gasteiger partial charge in [0.15, 0.2) is 5.82 Å². The molecule has 0 aromatic carbocycles. The van der Waals surface area contributed by atoms with E-state index in [0.29, 0.717) is 0 Å². The number of hydrogen-bond donors (Lipinski definition) is 1. The van der Waals surface area contributed by atoms with Gasteiger partial charge in [0.05, 0.1) is 12.7 Å². The topological polar surface area (TPSA) is 74.2 Å². The van der Waals surface area contributed by atoms with Gasteiger partial charge in [0, 0.05) is 0 Å². The van der Waals surface area contributed by atoms with E-state index in [1.165, 1.54) is 0 Å². The summed E-state index contributed by atoms with van der Waals surface area (Å²) in [4.78, 5) is 3.57. The van der Waals surface area contributed by atoms with Crippen molar-refractivity contribution in [3.63, 3.8) is 0 Å². The number of nitrogens with two attached hydrogens (primary N) is 1. The SMILES string of the molecule is CC(N)(COC1CCC1)c1noc(C(F)F)n1. The molecular formula is C10H15F2N3O2. The maximum Gasteiger partial charge on any atom is 0.315 e. The van der Waals surface area contributed by atoms with Gasteiger partial charge in [-0.3, -0.25) is 0 Å². The van der Waals surface area contributed by atoms with E-state index in [1.807, 2.05) is 0 Å². The summed E-state index contributed by atoms with van der Waals surface area (Å²) in [6, 6.07) is 0. The zero-order chi connectivity index (χ0) is 12.5. The van der Waals surface area contributed by atoms with Gasteiger partial charge >= 0.3 is 6.43 Å². The van der Waals surface area contributed by atoms with Gasteiger partial charge in [-0.2, -0.15) is 13.8 Å². The molecule has 1 aromatic rings. The first-order valence-electron chi connectivity index (χ1n) is 5.52. The molecule has 17 heavy (non-hydrogen) atoms. The van der Waals surface area contributed by atoms with Gasteiger partial charge in [0.1, 0.15) is 5.54 Å². The van der Waals surface area contributed by atoms with E-state index in [1.54, 1.807) is 6.92 Å². The standard InChI is InChI=1S/C10H15F2N3O2/c1-10(13,5-16-6-3-2-4-6)9-14-8(7(11)12)17-15-9/h6-7H,2-5,13H2,1H3. The molecule has 1 heterocycles. The Hall–Kier alpha value is -1.08. The Bertz CT molecular complexity index is 377. The van der Waals surface area contributed by atoms with Crippen molar-refractivity contribution >= 4 is 0 Å². The molecule has 0 amide bonds. The van der Waals surface area contributed by atoms with E-state index in [-0.39, 0.29) is 18.5 Å². The number of hydrogen-bond acceptors (Lipinski definition) is 5. The van der Waals surface area contributed by atoms with E-state index in [0.717, 1.165) is 19.3 Å². The second kappa shape index (κ2) is 4.66. The molecule has 0 aliphatic heterocycles. The molecule has 1 unspecified atom stereocenters. The average molecular weight is 247 g/mol. The lowest BCUT2D eigenvalue weighted by atomic mass is 9.95. The van der Waals surface area contributed by atoms with Crippen LogP contribution >= 0.6 is 0 Å². The summed E-state index contributed by atoms with van der Waals surface area (Å²) in [5, 5.41) is 3.46. The molecule has 0 spiro atoms. The molecule has 1 aliphatic rings. The molecule has 2 N–H and O–H groups in total. The minimum atomic E-state index is -2.78. The molecule has 1 aromatic heterocycles. The Morgan fingerprint density at radius 3 is 2.76 bits per heavy atom. The van der Waals surface area contributed by atoms with Crippen LogP contribution in [0, 0.1) is 0 Å². The van der Waals surface area contributed by atoms with Crippen LogP contribution in [0.15, 0.2) is 4.52 Å². The lowest BCUT2D eigenvalue weighted by Crippen LogP contribution is -2.41. The highest BCUT2D eigenvalue weighted by molar-refractivity contribution is 5.02. The summed E-state index contributed by atoms with van der Waals surface area (Å²) < 4.78 is 34.5. The van der Waals surface area contributed by atoms with Crippen LogP contribution in [0.25, 0.3) is 0 Å². The first-order valence-corrected chi connectivity index (χ1v) is 5.52. The number of ether oxygens (including phenoxy) is 1. The molecule has 1 fully saturated rings. The van der Waals surface area contributed by atoms with E-state index in [9.17, 15) is 8.78 Å². The molecule has 0 saturated heterocycles. The summed E-state index contributed by atoms with van der Waals surface area (Å²) in [6.45, 7) is 1.83. The smallest absolute Gasteiger partial charge is 0.315 e. The maximum atomic E-state index is 12.3. The van der Waals surface area contributed by atoms with Crippen LogP contribution in [0.1, 0.15) is 44.3 Å². The molecule has 1 saturated carbocycles. The number of nitrogens with zero attached hydrogens (tertiary/aromatic N) is 2. The number of rotatable bonds is 5. The molecule has 1 aliphatic carbocycles. The predicted molar refractivity (Wildman–Crippen MR) is 54.4 cm³/mol. The largest absolute Gasteiger partial charge is 0.376 e. The molecule has 7 heteroatoms. The van der Waals surface area contributed by atoms with Gasteiger partial charge in [-0.25, -0.2) is 0 Å². The van der Waals surface area contributed by atoms with Crippen LogP contribution in [0.3, 0.4) is 0 Å². The first kappa shape index (κ1) is 12.4. The van der Waals surface area contributed by atoms with Gasteiger partial charge < -0.3 is 15.0 Å². The summed E-state index contributed by atoms with van der Waals surface area (Å²) in [5.41, 5.74) is 4.92. The van der Waals surface area contributed by atoms with Crippen molar-refractivity contribution in [1.82, 2.24) is 10.1 Å². The zero-order valence-electron chi connectivity index (χ0n) is 9.53. The van der Waals surface area contributed by atoms with E-state index >= 15 is 0 Å². The van der Waals surface area contributed by atoms with Crippen LogP contribution in [0.2, 0.25) is 0 Å². The predicted octanol–water partition coefficient (Wildman–Crippen LogP) is 1.75. The minimum absolute atomic E-state index is 0.0483. The van der Waals surface area contributed by atoms with Crippen LogP contribution in [-0.2, 0) is 10.3 Å². The van der Waals surface area contributed by atoms with Crippen LogP contribution in [0.4, 0.5) is 8.78 Å². The number of alkyl halides is 2. The fourth-order valence-corrected chi connectivity index (χ4v) is 1.45. The second-order valence-electron chi connectivity index (χ2n) is 4.54. The average Bonchev–Trinajstić information content (AvgIpc) is 2.63. The summed E-state index contributed by atoms with van der Waals surface area (Å²) in [5.74, 6) is -0.660. The maximum absolute atomic E-state index is 12.3. The van der Waals surface area contributed by atoms with Crippen LogP contribution in [0.5, 0.6) is 0 Å². The quantitative estimate of drug-likeness (QED) is 0.858. The molecule has 0 bridgehead atoms. The van der Waals surface area contributed by atoms with Gasteiger partial charge in [-0.15, -0.1) is 0 Å². The normalized spacial score (nSPS) is 20.3. The van der Waals surface area contributed by atoms with Gasteiger partial charge in [-0.1, -0.05) is 5.16 Å². The van der Waals surface area contributed by atoms with Crippen molar-refractivity contribution in [1.29, 1.82) is 0 Å². The molecule has 1 atom stereocenters. The molecule has 96 valence electrons. The fourth-order valence-electron chi connectivity index (χ4n) is 1.45. The third-order valence-corrected chi connectivity index (χ3v) is 2.81.